The van der Waals surface area contributed by atoms with E-state index in [1.807, 2.05) is 18.2 Å². The van der Waals surface area contributed by atoms with E-state index >= 15 is 0 Å². The van der Waals surface area contributed by atoms with Gasteiger partial charge < -0.3 is 25.3 Å². The minimum absolute atomic E-state index is 0.0432. The summed E-state index contributed by atoms with van der Waals surface area (Å²) >= 11 is 0. The Bertz CT molecular complexity index is 2040. The normalized spacial score (nSPS) is 18.0. The number of piperidine rings is 2. The van der Waals surface area contributed by atoms with Crippen molar-refractivity contribution in [2.45, 2.75) is 56.8 Å². The van der Waals surface area contributed by atoms with Crippen LogP contribution in [0.5, 0.6) is 0 Å². The maximum atomic E-state index is 12.9. The van der Waals surface area contributed by atoms with Gasteiger partial charge in [0.15, 0.2) is 5.82 Å². The molecule has 13 nitrogen and oxygen atoms in total. The summed E-state index contributed by atoms with van der Waals surface area (Å²) in [6.07, 6.45) is 10.0. The van der Waals surface area contributed by atoms with Crippen LogP contribution in [0, 0.1) is 17.3 Å². The fraction of sp³-hybridized carbons (Fsp3) is 0.417. The van der Waals surface area contributed by atoms with Crippen LogP contribution in [0.2, 0.25) is 0 Å². The smallest absolute Gasteiger partial charge is 0.256 e. The molecular formula is C36H40N8O5S. The van der Waals surface area contributed by atoms with E-state index in [2.05, 4.69) is 49.0 Å². The monoisotopic (exact) mass is 696 g/mol. The fourth-order valence-electron chi connectivity index (χ4n) is 6.18. The van der Waals surface area contributed by atoms with E-state index in [-0.39, 0.29) is 29.3 Å². The van der Waals surface area contributed by atoms with Crippen molar-refractivity contribution >= 4 is 33.3 Å². The van der Waals surface area contributed by atoms with Crippen LogP contribution in [0.15, 0.2) is 61.2 Å². The van der Waals surface area contributed by atoms with Crippen molar-refractivity contribution in [1.82, 2.24) is 29.0 Å². The number of benzene rings is 1. The SMILES string of the molecule is CC1(CO)CCN(c2cc(Nc3ccnc(-c4cnn(S(=O)(=O)C5CC5)c4)n3)ncc2C#Cc2ccc(C(=O)N3CCC(O)CC3)cc2)CC1. The van der Waals surface area contributed by atoms with Crippen LogP contribution < -0.4 is 10.2 Å². The molecule has 3 aliphatic rings. The lowest BCUT2D eigenvalue weighted by atomic mass is 9.81. The van der Waals surface area contributed by atoms with Crippen molar-refractivity contribution in [3.63, 3.8) is 0 Å². The number of amides is 1. The lowest BCUT2D eigenvalue weighted by Crippen LogP contribution is -2.40. The van der Waals surface area contributed by atoms with Crippen LogP contribution in [0.25, 0.3) is 11.4 Å². The average Bonchev–Trinajstić information content (AvgIpc) is 3.88. The van der Waals surface area contributed by atoms with E-state index in [0.717, 1.165) is 46.8 Å². The topological polar surface area (TPSA) is 167 Å². The number of carbonyl (C=O) groups excluding carboxylic acids is 1. The molecule has 3 N–H and O–H groups in total. The molecule has 4 aromatic rings. The number of likely N-dealkylation sites (tertiary alicyclic amines) is 1. The molecule has 1 saturated carbocycles. The van der Waals surface area contributed by atoms with E-state index in [0.29, 0.717) is 67.4 Å². The van der Waals surface area contributed by atoms with Gasteiger partial charge in [-0.1, -0.05) is 18.8 Å². The van der Waals surface area contributed by atoms with E-state index < -0.39 is 10.0 Å². The first kappa shape index (κ1) is 33.6. The molecule has 1 amide bonds. The zero-order chi connectivity index (χ0) is 34.9. The summed E-state index contributed by atoms with van der Waals surface area (Å²) in [5, 5.41) is 26.7. The van der Waals surface area contributed by atoms with Crippen LogP contribution in [0.1, 0.15) is 66.9 Å². The molecule has 2 saturated heterocycles. The van der Waals surface area contributed by atoms with Gasteiger partial charge in [-0.25, -0.2) is 23.4 Å². The highest BCUT2D eigenvalue weighted by molar-refractivity contribution is 7.90. The van der Waals surface area contributed by atoms with E-state index in [4.69, 9.17) is 0 Å². The Labute approximate surface area is 291 Å². The van der Waals surface area contributed by atoms with Gasteiger partial charge in [-0.3, -0.25) is 4.79 Å². The van der Waals surface area contributed by atoms with Gasteiger partial charge in [0.05, 0.1) is 40.6 Å². The fourth-order valence-corrected chi connectivity index (χ4v) is 7.66. The van der Waals surface area contributed by atoms with Gasteiger partial charge in [-0.15, -0.1) is 0 Å². The minimum Gasteiger partial charge on any atom is -0.396 e. The molecular weight excluding hydrogens is 657 g/mol. The molecule has 3 fully saturated rings. The third-order valence-electron chi connectivity index (χ3n) is 9.74. The summed E-state index contributed by atoms with van der Waals surface area (Å²) in [6, 6.07) is 10.9. The number of aliphatic hydroxyl groups is 2. The molecule has 1 aliphatic carbocycles. The van der Waals surface area contributed by atoms with Gasteiger partial charge in [0.1, 0.15) is 11.6 Å². The Morgan fingerprint density at radius 3 is 2.42 bits per heavy atom. The number of hydrogen-bond donors (Lipinski definition) is 3. The van der Waals surface area contributed by atoms with Gasteiger partial charge in [-0.05, 0) is 74.3 Å². The lowest BCUT2D eigenvalue weighted by molar-refractivity contribution is 0.0546. The number of anilines is 3. The Morgan fingerprint density at radius 2 is 1.72 bits per heavy atom. The molecule has 0 spiro atoms. The van der Waals surface area contributed by atoms with Crippen LogP contribution in [-0.2, 0) is 10.0 Å². The van der Waals surface area contributed by atoms with Gasteiger partial charge >= 0.3 is 0 Å². The highest BCUT2D eigenvalue weighted by Gasteiger charge is 2.38. The summed E-state index contributed by atoms with van der Waals surface area (Å²) in [5.74, 6) is 7.83. The van der Waals surface area contributed by atoms with Crippen LogP contribution in [0.3, 0.4) is 0 Å². The quantitative estimate of drug-likeness (QED) is 0.231. The second kappa shape index (κ2) is 13.8. The zero-order valence-electron chi connectivity index (χ0n) is 27.9. The number of rotatable bonds is 8. The molecule has 14 heteroatoms. The molecule has 0 radical (unpaired) electrons. The average molecular weight is 697 g/mol. The maximum Gasteiger partial charge on any atom is 0.256 e. The van der Waals surface area contributed by atoms with Gasteiger partial charge in [0.2, 0.25) is 0 Å². The molecule has 0 atom stereocenters. The van der Waals surface area contributed by atoms with Crippen LogP contribution in [-0.4, -0.2) is 97.7 Å². The van der Waals surface area contributed by atoms with Gasteiger partial charge in [0.25, 0.3) is 15.9 Å². The lowest BCUT2D eigenvalue weighted by Gasteiger charge is -2.39. The molecule has 5 heterocycles. The number of hydrogen-bond acceptors (Lipinski definition) is 11. The standard InChI is InChI=1S/C36H40N8O5S/c1-36(24-45)13-18-42(19-14-36)31-20-33(40-32-10-15-37-34(41-32)28-22-39-44(23-28)50(48,49)30-8-9-30)38-21-27(31)7-4-25-2-5-26(6-3-25)35(47)43-16-11-29(46)12-17-43/h2-3,5-6,10,15,20-23,29-30,45-46H,8-9,11-14,16-19,24H2,1H3,(H,37,38,40,41). The van der Waals surface area contributed by atoms with Crippen molar-refractivity contribution < 1.29 is 23.4 Å². The molecule has 0 unspecified atom stereocenters. The predicted molar refractivity (Wildman–Crippen MR) is 188 cm³/mol. The Hall–Kier alpha value is -4.84. The van der Waals surface area contributed by atoms with Crippen molar-refractivity contribution in [2.24, 2.45) is 5.41 Å². The van der Waals surface area contributed by atoms with Crippen LogP contribution in [0.4, 0.5) is 17.3 Å². The second-order valence-corrected chi connectivity index (χ2v) is 15.7. The largest absolute Gasteiger partial charge is 0.396 e. The highest BCUT2D eigenvalue weighted by atomic mass is 32.2. The van der Waals surface area contributed by atoms with Crippen LogP contribution >= 0.6 is 0 Å². The summed E-state index contributed by atoms with van der Waals surface area (Å²) in [5.41, 5.74) is 3.35. The van der Waals surface area contributed by atoms with Crippen molar-refractivity contribution in [2.75, 3.05) is 43.0 Å². The summed E-state index contributed by atoms with van der Waals surface area (Å²) in [4.78, 5) is 30.5. The van der Waals surface area contributed by atoms with Crippen molar-refractivity contribution in [1.29, 1.82) is 0 Å². The molecule has 3 aromatic heterocycles. The second-order valence-electron chi connectivity index (χ2n) is 13.6. The first-order valence-electron chi connectivity index (χ1n) is 16.9. The summed E-state index contributed by atoms with van der Waals surface area (Å²) in [6.45, 7) is 4.82. The van der Waals surface area contributed by atoms with Gasteiger partial charge in [0, 0.05) is 62.4 Å². The minimum atomic E-state index is -3.50. The first-order chi connectivity index (χ1) is 24.1. The molecule has 0 bridgehead atoms. The number of pyridine rings is 1. The zero-order valence-corrected chi connectivity index (χ0v) is 28.7. The number of aromatic nitrogens is 5. The Kier molecular flexibility index (Phi) is 9.30. The number of aliphatic hydroxyl groups excluding tert-OH is 2. The summed E-state index contributed by atoms with van der Waals surface area (Å²) in [7, 11) is -3.50. The summed E-state index contributed by atoms with van der Waals surface area (Å²) < 4.78 is 26.2. The molecule has 260 valence electrons. The number of carbonyl (C=O) groups is 1. The maximum absolute atomic E-state index is 12.9. The Morgan fingerprint density at radius 1 is 0.980 bits per heavy atom. The third-order valence-corrected chi connectivity index (χ3v) is 11.8. The predicted octanol–water partition coefficient (Wildman–Crippen LogP) is 3.41. The first-order valence-corrected chi connectivity index (χ1v) is 18.5. The van der Waals surface area contributed by atoms with E-state index in [1.54, 1.807) is 35.5 Å². The molecule has 1 aromatic carbocycles. The van der Waals surface area contributed by atoms with E-state index in [1.165, 1.54) is 12.4 Å². The van der Waals surface area contributed by atoms with Crippen molar-refractivity contribution in [3.05, 3.63) is 77.9 Å². The van der Waals surface area contributed by atoms with Crippen molar-refractivity contribution in [3.8, 4) is 23.2 Å². The third kappa shape index (κ3) is 7.35. The molecule has 50 heavy (non-hydrogen) atoms. The number of nitrogens with zero attached hydrogens (tertiary/aromatic N) is 7. The number of nitrogens with one attached hydrogen (secondary N) is 1. The highest BCUT2D eigenvalue weighted by Crippen LogP contribution is 2.35. The molecule has 7 rings (SSSR count). The molecule has 2 aliphatic heterocycles. The van der Waals surface area contributed by atoms with Gasteiger partial charge in [-0.2, -0.15) is 9.19 Å². The Balaban J connectivity index is 1.11. The van der Waals surface area contributed by atoms with E-state index in [9.17, 15) is 23.4 Å².